The highest BCUT2D eigenvalue weighted by molar-refractivity contribution is 7.96. The summed E-state index contributed by atoms with van der Waals surface area (Å²) in [7, 11) is 0. The topological polar surface area (TPSA) is 26.3 Å². The predicted molar refractivity (Wildman–Crippen MR) is 80.7 cm³/mol. The molecule has 0 aliphatic carbocycles. The second kappa shape index (κ2) is 6.62. The Balaban J connectivity index is 2.22. The van der Waals surface area contributed by atoms with Crippen LogP contribution in [0.25, 0.3) is 0 Å². The summed E-state index contributed by atoms with van der Waals surface area (Å²) in [6.45, 7) is 0. The molecule has 0 saturated heterocycles. The van der Waals surface area contributed by atoms with E-state index in [1.807, 2.05) is 0 Å². The maximum absolute atomic E-state index is 12.6. The number of hydrogen-bond acceptors (Lipinski definition) is 2. The molecule has 0 radical (unpaired) electrons. The molecule has 0 fully saturated rings. The standard InChI is InChI=1S/C15H10ClF3O2S/c16-12-8-10(15(17,18)19)4-5-13(12)21-11-3-1-2-9(6-11)7-14(20)22/h1-6,8H,7H2,(H,20,22). The smallest absolute Gasteiger partial charge is 0.416 e. The van der Waals surface area contributed by atoms with Crippen LogP contribution in [0.2, 0.25) is 5.02 Å². The number of thiol groups is 1. The largest absolute Gasteiger partial charge is 0.456 e. The Labute approximate surface area is 135 Å². The molecule has 116 valence electrons. The zero-order valence-electron chi connectivity index (χ0n) is 11.0. The van der Waals surface area contributed by atoms with E-state index in [0.717, 1.165) is 18.2 Å². The first-order valence-electron chi connectivity index (χ1n) is 6.11. The third-order valence-corrected chi connectivity index (χ3v) is 3.19. The summed E-state index contributed by atoms with van der Waals surface area (Å²) in [5.74, 6) is 0.470. The average Bonchev–Trinajstić information content (AvgIpc) is 2.39. The Hall–Kier alpha value is -1.66. The van der Waals surface area contributed by atoms with Gasteiger partial charge in [-0.1, -0.05) is 23.7 Å². The van der Waals surface area contributed by atoms with Crippen molar-refractivity contribution in [3.05, 3.63) is 58.6 Å². The lowest BCUT2D eigenvalue weighted by Crippen LogP contribution is -2.04. The first kappa shape index (κ1) is 16.7. The summed E-state index contributed by atoms with van der Waals surface area (Å²) in [5.41, 5.74) is -0.167. The van der Waals surface area contributed by atoms with Gasteiger partial charge >= 0.3 is 6.18 Å². The summed E-state index contributed by atoms with van der Waals surface area (Å²) >= 11 is 9.51. The lowest BCUT2D eigenvalue weighted by atomic mass is 10.1. The summed E-state index contributed by atoms with van der Waals surface area (Å²) in [4.78, 5) is 11.0. The fourth-order valence-corrected chi connectivity index (χ4v) is 2.18. The van der Waals surface area contributed by atoms with E-state index in [1.54, 1.807) is 24.3 Å². The van der Waals surface area contributed by atoms with E-state index in [0.29, 0.717) is 11.3 Å². The van der Waals surface area contributed by atoms with Crippen LogP contribution < -0.4 is 4.74 Å². The number of benzene rings is 2. The monoisotopic (exact) mass is 346 g/mol. The molecule has 0 spiro atoms. The van der Waals surface area contributed by atoms with Gasteiger partial charge in [-0.05, 0) is 35.9 Å². The van der Waals surface area contributed by atoms with Gasteiger partial charge in [-0.2, -0.15) is 13.2 Å². The maximum atomic E-state index is 12.6. The molecule has 0 aliphatic heterocycles. The van der Waals surface area contributed by atoms with Gasteiger partial charge in [0.2, 0.25) is 0 Å². The van der Waals surface area contributed by atoms with E-state index in [-0.39, 0.29) is 22.3 Å². The lowest BCUT2D eigenvalue weighted by Gasteiger charge is -2.11. The minimum atomic E-state index is -4.46. The van der Waals surface area contributed by atoms with Gasteiger partial charge in [-0.25, -0.2) is 0 Å². The number of halogens is 4. The molecule has 0 atom stereocenters. The summed E-state index contributed by atoms with van der Waals surface area (Å²) in [6.07, 6.45) is -4.34. The highest BCUT2D eigenvalue weighted by Gasteiger charge is 2.31. The minimum Gasteiger partial charge on any atom is -0.456 e. The summed E-state index contributed by atoms with van der Waals surface area (Å²) < 4.78 is 43.2. The maximum Gasteiger partial charge on any atom is 0.416 e. The van der Waals surface area contributed by atoms with Crippen molar-refractivity contribution in [1.82, 2.24) is 0 Å². The fraction of sp³-hybridized carbons (Fsp3) is 0.133. The molecule has 2 nitrogen and oxygen atoms in total. The van der Waals surface area contributed by atoms with Gasteiger partial charge in [0.15, 0.2) is 5.12 Å². The number of carbonyl (C=O) groups is 1. The van der Waals surface area contributed by atoms with Gasteiger partial charge in [-0.15, -0.1) is 12.6 Å². The van der Waals surface area contributed by atoms with Crippen LogP contribution in [0.4, 0.5) is 13.2 Å². The van der Waals surface area contributed by atoms with Crippen molar-refractivity contribution in [3.63, 3.8) is 0 Å². The van der Waals surface area contributed by atoms with E-state index >= 15 is 0 Å². The molecule has 2 aromatic rings. The number of hydrogen-bond donors (Lipinski definition) is 1. The molecule has 22 heavy (non-hydrogen) atoms. The van der Waals surface area contributed by atoms with Crippen molar-refractivity contribution < 1.29 is 22.7 Å². The Morgan fingerprint density at radius 3 is 2.50 bits per heavy atom. The second-order valence-corrected chi connectivity index (χ2v) is 5.37. The van der Waals surface area contributed by atoms with Gasteiger partial charge in [0, 0.05) is 6.42 Å². The van der Waals surface area contributed by atoms with Crippen LogP contribution in [0.1, 0.15) is 11.1 Å². The van der Waals surface area contributed by atoms with Gasteiger partial charge in [0.1, 0.15) is 11.5 Å². The molecular weight excluding hydrogens is 337 g/mol. The van der Waals surface area contributed by atoms with Crippen LogP contribution in [0.15, 0.2) is 42.5 Å². The van der Waals surface area contributed by atoms with Gasteiger partial charge < -0.3 is 4.74 Å². The third kappa shape index (κ3) is 4.42. The number of ether oxygens (including phenoxy) is 1. The summed E-state index contributed by atoms with van der Waals surface area (Å²) in [5, 5.41) is -0.449. The molecule has 7 heteroatoms. The van der Waals surface area contributed by atoms with Gasteiger partial charge in [-0.3, -0.25) is 4.79 Å². The first-order chi connectivity index (χ1) is 10.3. The fourth-order valence-electron chi connectivity index (χ4n) is 1.78. The van der Waals surface area contributed by atoms with Crippen molar-refractivity contribution in [2.24, 2.45) is 0 Å². The van der Waals surface area contributed by atoms with E-state index in [4.69, 9.17) is 16.3 Å². The van der Waals surface area contributed by atoms with E-state index < -0.39 is 11.7 Å². The van der Waals surface area contributed by atoms with Crippen molar-refractivity contribution in [2.75, 3.05) is 0 Å². The van der Waals surface area contributed by atoms with Crippen molar-refractivity contribution in [3.8, 4) is 11.5 Å². The summed E-state index contributed by atoms with van der Waals surface area (Å²) in [6, 6.07) is 9.44. The van der Waals surface area contributed by atoms with E-state index in [1.165, 1.54) is 0 Å². The normalized spacial score (nSPS) is 11.3. The van der Waals surface area contributed by atoms with E-state index in [9.17, 15) is 18.0 Å². The van der Waals surface area contributed by atoms with Crippen LogP contribution in [0.5, 0.6) is 11.5 Å². The Morgan fingerprint density at radius 2 is 1.91 bits per heavy atom. The van der Waals surface area contributed by atoms with E-state index in [2.05, 4.69) is 12.6 Å². The zero-order chi connectivity index (χ0) is 16.3. The third-order valence-electron chi connectivity index (χ3n) is 2.74. The highest BCUT2D eigenvalue weighted by atomic mass is 35.5. The molecule has 2 rings (SSSR count). The minimum absolute atomic E-state index is 0.101. The Morgan fingerprint density at radius 1 is 1.18 bits per heavy atom. The molecule has 0 saturated carbocycles. The Bertz CT molecular complexity index is 701. The van der Waals surface area contributed by atoms with Gasteiger partial charge in [0.05, 0.1) is 10.6 Å². The molecule has 2 aromatic carbocycles. The predicted octanol–water partition coefficient (Wildman–Crippen LogP) is 5.15. The van der Waals surface area contributed by atoms with Crippen LogP contribution in [0.3, 0.4) is 0 Å². The Kier molecular flexibility index (Phi) is 5.03. The number of rotatable bonds is 4. The molecule has 0 amide bonds. The second-order valence-electron chi connectivity index (χ2n) is 4.46. The van der Waals surface area contributed by atoms with Crippen LogP contribution in [-0.2, 0) is 17.4 Å². The van der Waals surface area contributed by atoms with Crippen molar-refractivity contribution in [1.29, 1.82) is 0 Å². The molecule has 0 unspecified atom stereocenters. The van der Waals surface area contributed by atoms with Crippen molar-refractivity contribution >= 4 is 29.3 Å². The first-order valence-corrected chi connectivity index (χ1v) is 6.93. The molecule has 0 N–H and O–H groups in total. The number of alkyl halides is 3. The van der Waals surface area contributed by atoms with Gasteiger partial charge in [0.25, 0.3) is 0 Å². The highest BCUT2D eigenvalue weighted by Crippen LogP contribution is 2.36. The lowest BCUT2D eigenvalue weighted by molar-refractivity contribution is -0.137. The molecule has 0 aromatic heterocycles. The molecule has 0 bridgehead atoms. The quantitative estimate of drug-likeness (QED) is 0.775. The zero-order valence-corrected chi connectivity index (χ0v) is 12.7. The van der Waals surface area contributed by atoms with Crippen LogP contribution in [-0.4, -0.2) is 5.12 Å². The average molecular weight is 347 g/mol. The van der Waals surface area contributed by atoms with Crippen molar-refractivity contribution in [2.45, 2.75) is 12.6 Å². The SMILES string of the molecule is O=C(S)Cc1cccc(Oc2ccc(C(F)(F)F)cc2Cl)c1. The molecular formula is C15H10ClF3O2S. The molecule has 0 aliphatic rings. The number of carbonyl (C=O) groups excluding carboxylic acids is 1. The van der Waals surface area contributed by atoms with Crippen LogP contribution >= 0.6 is 24.2 Å². The van der Waals surface area contributed by atoms with Crippen LogP contribution in [0, 0.1) is 0 Å². The molecule has 0 heterocycles.